The van der Waals surface area contributed by atoms with Gasteiger partial charge in [0.25, 0.3) is 0 Å². The third-order valence-corrected chi connectivity index (χ3v) is 2.00. The summed E-state index contributed by atoms with van der Waals surface area (Å²) in [5.41, 5.74) is 0. The van der Waals surface area contributed by atoms with Crippen LogP contribution in [-0.4, -0.2) is 17.8 Å². The maximum Gasteiger partial charge on any atom is 0.139 e. The van der Waals surface area contributed by atoms with Gasteiger partial charge in [0, 0.05) is 10.7 Å². The molecule has 0 aromatic rings. The normalized spacial score (nSPS) is 24.9. The zero-order valence-corrected chi connectivity index (χ0v) is 6.73. The lowest BCUT2D eigenvalue weighted by atomic mass is 10.2. The van der Waals surface area contributed by atoms with Crippen LogP contribution in [0.4, 0.5) is 4.39 Å². The lowest BCUT2D eigenvalue weighted by molar-refractivity contribution is 0.270. The van der Waals surface area contributed by atoms with Gasteiger partial charge in [0.05, 0.1) is 12.6 Å². The minimum atomic E-state index is -0.337. The van der Waals surface area contributed by atoms with Crippen LogP contribution in [0.2, 0.25) is 0 Å². The predicted octanol–water partition coefficient (Wildman–Crippen LogP) is 1.04. The predicted molar refractivity (Wildman–Crippen MR) is 40.2 cm³/mol. The monoisotopic (exact) mass is 207 g/mol. The molecular formula is C6H7BrFNO. The van der Waals surface area contributed by atoms with Crippen molar-refractivity contribution in [3.05, 3.63) is 22.6 Å². The molecule has 10 heavy (non-hydrogen) atoms. The molecule has 1 aliphatic heterocycles. The second-order valence-corrected chi connectivity index (χ2v) is 2.88. The second kappa shape index (κ2) is 3.16. The van der Waals surface area contributed by atoms with Crippen LogP contribution in [0, 0.1) is 0 Å². The summed E-state index contributed by atoms with van der Waals surface area (Å²) in [7, 11) is 0. The summed E-state index contributed by atoms with van der Waals surface area (Å²) in [5.74, 6) is -0.337. The van der Waals surface area contributed by atoms with E-state index < -0.39 is 0 Å². The van der Waals surface area contributed by atoms with Gasteiger partial charge in [-0.25, -0.2) is 4.39 Å². The molecule has 2 N–H and O–H groups in total. The van der Waals surface area contributed by atoms with E-state index in [2.05, 4.69) is 21.2 Å². The summed E-state index contributed by atoms with van der Waals surface area (Å²) in [6.45, 7) is -0.0408. The summed E-state index contributed by atoms with van der Waals surface area (Å²) in [6.07, 6.45) is 2.56. The largest absolute Gasteiger partial charge is 0.394 e. The summed E-state index contributed by atoms with van der Waals surface area (Å²) in [5, 5.41) is 11.3. The van der Waals surface area contributed by atoms with Gasteiger partial charge in [-0.15, -0.1) is 0 Å². The van der Waals surface area contributed by atoms with E-state index in [1.54, 1.807) is 0 Å². The summed E-state index contributed by atoms with van der Waals surface area (Å²) in [4.78, 5) is 0. The Bertz CT molecular complexity index is 190. The van der Waals surface area contributed by atoms with E-state index in [1.807, 2.05) is 0 Å². The van der Waals surface area contributed by atoms with Crippen molar-refractivity contribution in [2.75, 3.05) is 6.61 Å². The first kappa shape index (κ1) is 7.75. The van der Waals surface area contributed by atoms with Crippen molar-refractivity contribution in [2.24, 2.45) is 0 Å². The Hall–Kier alpha value is -0.350. The van der Waals surface area contributed by atoms with Gasteiger partial charge >= 0.3 is 0 Å². The number of hydrogen-bond acceptors (Lipinski definition) is 2. The molecule has 1 unspecified atom stereocenters. The Balaban J connectivity index is 2.68. The molecule has 0 spiro atoms. The molecule has 0 aliphatic carbocycles. The topological polar surface area (TPSA) is 32.3 Å². The Morgan fingerprint density at radius 3 is 3.00 bits per heavy atom. The average molecular weight is 208 g/mol. The maximum absolute atomic E-state index is 12.4. The molecule has 4 heteroatoms. The first-order valence-corrected chi connectivity index (χ1v) is 3.63. The van der Waals surface area contributed by atoms with Crippen LogP contribution in [0.3, 0.4) is 0 Å². The van der Waals surface area contributed by atoms with Crippen molar-refractivity contribution in [3.63, 3.8) is 0 Å². The van der Waals surface area contributed by atoms with Crippen molar-refractivity contribution in [1.82, 2.24) is 5.32 Å². The number of nitrogens with one attached hydrogen (secondary N) is 1. The standard InChI is InChI=1S/C6H7BrFNO/c7-5-1-4(8)2-9-6(5)3-10/h1-2,6,9-10H,3H2. The number of rotatable bonds is 1. The van der Waals surface area contributed by atoms with Gasteiger partial charge in [0.1, 0.15) is 5.83 Å². The van der Waals surface area contributed by atoms with Gasteiger partial charge in [-0.3, -0.25) is 0 Å². The third kappa shape index (κ3) is 1.58. The van der Waals surface area contributed by atoms with Crippen LogP contribution in [0.5, 0.6) is 0 Å². The molecule has 1 atom stereocenters. The van der Waals surface area contributed by atoms with E-state index in [0.29, 0.717) is 4.48 Å². The smallest absolute Gasteiger partial charge is 0.139 e. The zero-order chi connectivity index (χ0) is 7.56. The molecule has 0 saturated carbocycles. The van der Waals surface area contributed by atoms with Crippen molar-refractivity contribution in [2.45, 2.75) is 6.04 Å². The van der Waals surface area contributed by atoms with Crippen LogP contribution in [0.1, 0.15) is 0 Å². The second-order valence-electron chi connectivity index (χ2n) is 1.96. The van der Waals surface area contributed by atoms with Crippen LogP contribution in [0.15, 0.2) is 22.6 Å². The number of aliphatic hydroxyl groups excluding tert-OH is 1. The number of halogens is 2. The van der Waals surface area contributed by atoms with Crippen LogP contribution >= 0.6 is 15.9 Å². The van der Waals surface area contributed by atoms with Crippen molar-refractivity contribution in [3.8, 4) is 0 Å². The third-order valence-electron chi connectivity index (χ3n) is 1.21. The molecular weight excluding hydrogens is 201 g/mol. The SMILES string of the molecule is OCC1NC=C(F)C=C1Br. The molecule has 0 bridgehead atoms. The van der Waals surface area contributed by atoms with Gasteiger partial charge in [-0.2, -0.15) is 0 Å². The van der Waals surface area contributed by atoms with E-state index in [0.717, 1.165) is 0 Å². The van der Waals surface area contributed by atoms with Gasteiger partial charge in [-0.05, 0) is 6.08 Å². The molecule has 0 aromatic heterocycles. The molecule has 56 valence electrons. The summed E-state index contributed by atoms with van der Waals surface area (Å²) >= 11 is 3.11. The highest BCUT2D eigenvalue weighted by Gasteiger charge is 2.13. The number of hydrogen-bond donors (Lipinski definition) is 2. The van der Waals surface area contributed by atoms with Crippen molar-refractivity contribution < 1.29 is 9.50 Å². The molecule has 0 fully saturated rings. The minimum Gasteiger partial charge on any atom is -0.394 e. The Labute approximate surface area is 66.6 Å². The molecule has 0 amide bonds. The molecule has 0 aromatic carbocycles. The Morgan fingerprint density at radius 2 is 2.50 bits per heavy atom. The molecule has 1 aliphatic rings. The van der Waals surface area contributed by atoms with Crippen LogP contribution < -0.4 is 5.32 Å². The van der Waals surface area contributed by atoms with Crippen molar-refractivity contribution in [1.29, 1.82) is 0 Å². The molecule has 1 rings (SSSR count). The molecule has 2 nitrogen and oxygen atoms in total. The maximum atomic E-state index is 12.4. The van der Waals surface area contributed by atoms with Gasteiger partial charge in [0.2, 0.25) is 0 Å². The first-order chi connectivity index (χ1) is 4.74. The van der Waals surface area contributed by atoms with E-state index in [1.165, 1.54) is 12.3 Å². The molecule has 1 heterocycles. The van der Waals surface area contributed by atoms with Gasteiger partial charge in [-0.1, -0.05) is 15.9 Å². The summed E-state index contributed by atoms with van der Waals surface area (Å²) in [6, 6.07) is -0.195. The number of allylic oxidation sites excluding steroid dienone is 2. The van der Waals surface area contributed by atoms with Crippen molar-refractivity contribution >= 4 is 15.9 Å². The molecule has 0 radical (unpaired) electrons. The van der Waals surface area contributed by atoms with E-state index in [9.17, 15) is 4.39 Å². The fraction of sp³-hybridized carbons (Fsp3) is 0.333. The van der Waals surface area contributed by atoms with E-state index >= 15 is 0 Å². The van der Waals surface area contributed by atoms with E-state index in [4.69, 9.17) is 5.11 Å². The molecule has 0 saturated heterocycles. The lowest BCUT2D eigenvalue weighted by Crippen LogP contribution is -2.30. The highest BCUT2D eigenvalue weighted by Crippen LogP contribution is 2.18. The fourth-order valence-electron chi connectivity index (χ4n) is 0.674. The highest BCUT2D eigenvalue weighted by atomic mass is 79.9. The summed E-state index contributed by atoms with van der Waals surface area (Å²) < 4.78 is 13.0. The van der Waals surface area contributed by atoms with Gasteiger partial charge in [0.15, 0.2) is 0 Å². The minimum absolute atomic E-state index is 0.0408. The lowest BCUT2D eigenvalue weighted by Gasteiger charge is -2.17. The van der Waals surface area contributed by atoms with Crippen LogP contribution in [-0.2, 0) is 0 Å². The number of dihydropyridines is 1. The van der Waals surface area contributed by atoms with E-state index in [-0.39, 0.29) is 18.5 Å². The number of aliphatic hydroxyl groups is 1. The highest BCUT2D eigenvalue weighted by molar-refractivity contribution is 9.11. The van der Waals surface area contributed by atoms with Gasteiger partial charge < -0.3 is 10.4 Å². The first-order valence-electron chi connectivity index (χ1n) is 2.83. The zero-order valence-electron chi connectivity index (χ0n) is 5.14. The quantitative estimate of drug-likeness (QED) is 0.674. The Morgan fingerprint density at radius 1 is 1.80 bits per heavy atom. The fourth-order valence-corrected chi connectivity index (χ4v) is 1.17. The Kier molecular flexibility index (Phi) is 2.45. The average Bonchev–Trinajstić information content (AvgIpc) is 1.88. The van der Waals surface area contributed by atoms with Crippen LogP contribution in [0.25, 0.3) is 0 Å².